The molecule has 2 amide bonds. The summed E-state index contributed by atoms with van der Waals surface area (Å²) in [4.78, 5) is 14.5. The van der Waals surface area contributed by atoms with Crippen LogP contribution in [0.4, 0.5) is 4.79 Å². The Kier molecular flexibility index (Phi) is 3.86. The average Bonchev–Trinajstić information content (AvgIpc) is 3.17. The van der Waals surface area contributed by atoms with Crippen LogP contribution >= 0.6 is 0 Å². The summed E-state index contributed by atoms with van der Waals surface area (Å²) in [5.74, 6) is 1.01. The summed E-state index contributed by atoms with van der Waals surface area (Å²) in [5, 5.41) is 3.23. The van der Waals surface area contributed by atoms with Gasteiger partial charge in [0.05, 0.1) is 13.2 Å². The maximum atomic E-state index is 12.5. The van der Waals surface area contributed by atoms with E-state index in [4.69, 9.17) is 9.47 Å². The van der Waals surface area contributed by atoms with E-state index in [0.717, 1.165) is 51.6 Å². The number of nitrogens with one attached hydrogen (secondary N) is 1. The van der Waals surface area contributed by atoms with Crippen molar-refractivity contribution in [2.45, 2.75) is 50.4 Å². The zero-order valence-electron chi connectivity index (χ0n) is 13.1. The van der Waals surface area contributed by atoms with Crippen molar-refractivity contribution in [3.63, 3.8) is 0 Å². The van der Waals surface area contributed by atoms with Crippen LogP contribution in [0.2, 0.25) is 0 Å². The topological polar surface area (TPSA) is 50.8 Å². The molecule has 122 valence electrons. The smallest absolute Gasteiger partial charge is 0.317 e. The normalized spacial score (nSPS) is 34.1. The van der Waals surface area contributed by atoms with Gasteiger partial charge in [-0.15, -0.1) is 0 Å². The number of ether oxygens (including phenoxy) is 2. The summed E-state index contributed by atoms with van der Waals surface area (Å²) in [6.07, 6.45) is 10.5. The maximum absolute atomic E-state index is 12.5. The molecule has 5 heteroatoms. The fourth-order valence-corrected chi connectivity index (χ4v) is 4.43. The van der Waals surface area contributed by atoms with Crippen molar-refractivity contribution in [2.24, 2.45) is 11.8 Å². The number of rotatable bonds is 1. The van der Waals surface area contributed by atoms with E-state index < -0.39 is 0 Å². The van der Waals surface area contributed by atoms with Crippen LogP contribution in [-0.2, 0) is 9.47 Å². The zero-order chi connectivity index (χ0) is 15.0. The maximum Gasteiger partial charge on any atom is 0.317 e. The molecular weight excluding hydrogens is 280 g/mol. The fourth-order valence-electron chi connectivity index (χ4n) is 4.43. The van der Waals surface area contributed by atoms with Crippen molar-refractivity contribution in [3.8, 4) is 0 Å². The van der Waals surface area contributed by atoms with Crippen LogP contribution in [0.25, 0.3) is 0 Å². The van der Waals surface area contributed by atoms with Gasteiger partial charge < -0.3 is 19.7 Å². The van der Waals surface area contributed by atoms with E-state index in [1.165, 1.54) is 0 Å². The first-order valence-electron chi connectivity index (χ1n) is 8.72. The molecule has 1 N–H and O–H groups in total. The number of hydrogen-bond acceptors (Lipinski definition) is 3. The second-order valence-corrected chi connectivity index (χ2v) is 7.20. The molecule has 5 nitrogen and oxygen atoms in total. The van der Waals surface area contributed by atoms with Gasteiger partial charge in [0.2, 0.25) is 0 Å². The predicted octanol–water partition coefficient (Wildman–Crippen LogP) is 2.28. The Hall–Kier alpha value is -1.07. The lowest BCUT2D eigenvalue weighted by Crippen LogP contribution is -2.48. The summed E-state index contributed by atoms with van der Waals surface area (Å²) in [7, 11) is 0. The van der Waals surface area contributed by atoms with Crippen LogP contribution in [0.3, 0.4) is 0 Å². The molecule has 3 fully saturated rings. The number of carbonyl (C=O) groups is 1. The van der Waals surface area contributed by atoms with E-state index in [-0.39, 0.29) is 17.9 Å². The lowest BCUT2D eigenvalue weighted by Gasteiger charge is -2.36. The second-order valence-electron chi connectivity index (χ2n) is 7.20. The Morgan fingerprint density at radius 3 is 2.23 bits per heavy atom. The highest BCUT2D eigenvalue weighted by molar-refractivity contribution is 5.75. The van der Waals surface area contributed by atoms with Gasteiger partial charge in [0.1, 0.15) is 0 Å². The Morgan fingerprint density at radius 2 is 1.64 bits per heavy atom. The van der Waals surface area contributed by atoms with Crippen LogP contribution in [-0.4, -0.2) is 49.1 Å². The van der Waals surface area contributed by atoms with Gasteiger partial charge in [-0.3, -0.25) is 0 Å². The third-order valence-electron chi connectivity index (χ3n) is 5.80. The third-order valence-corrected chi connectivity index (χ3v) is 5.80. The highest BCUT2D eigenvalue weighted by Gasteiger charge is 2.41. The molecule has 2 saturated heterocycles. The van der Waals surface area contributed by atoms with Gasteiger partial charge >= 0.3 is 6.03 Å². The first kappa shape index (κ1) is 14.5. The largest absolute Gasteiger partial charge is 0.348 e. The molecule has 4 aliphatic rings. The van der Waals surface area contributed by atoms with Crippen LogP contribution in [0.15, 0.2) is 12.2 Å². The van der Waals surface area contributed by atoms with E-state index in [2.05, 4.69) is 17.5 Å². The standard InChI is InChI=1S/C17H26N2O3/c20-16(19-11-13-3-1-2-4-14(13)12-19)18-15-5-7-17(8-6-15)21-9-10-22-17/h1-2,13-15H,3-12H2,(H,18,20)/t13-,14-/m0/s1. The van der Waals surface area contributed by atoms with E-state index in [0.29, 0.717) is 25.0 Å². The molecule has 0 radical (unpaired) electrons. The molecular formula is C17H26N2O3. The van der Waals surface area contributed by atoms with Crippen molar-refractivity contribution in [1.82, 2.24) is 10.2 Å². The molecule has 2 aliphatic heterocycles. The summed E-state index contributed by atoms with van der Waals surface area (Å²) >= 11 is 0. The van der Waals surface area contributed by atoms with Crippen molar-refractivity contribution < 1.29 is 14.3 Å². The number of likely N-dealkylation sites (tertiary alicyclic amines) is 1. The van der Waals surface area contributed by atoms with E-state index in [1.807, 2.05) is 4.90 Å². The quantitative estimate of drug-likeness (QED) is 0.756. The van der Waals surface area contributed by atoms with Crippen molar-refractivity contribution >= 4 is 6.03 Å². The molecule has 0 unspecified atom stereocenters. The Bertz CT molecular complexity index is 433. The average molecular weight is 306 g/mol. The lowest BCUT2D eigenvalue weighted by molar-refractivity contribution is -0.179. The molecule has 4 rings (SSSR count). The van der Waals surface area contributed by atoms with Gasteiger partial charge in [-0.05, 0) is 37.5 Å². The first-order chi connectivity index (χ1) is 10.7. The minimum atomic E-state index is -0.338. The summed E-state index contributed by atoms with van der Waals surface area (Å²) in [6, 6.07) is 0.398. The molecule has 0 bridgehead atoms. The number of fused-ring (bicyclic) bond motifs is 1. The van der Waals surface area contributed by atoms with Gasteiger partial charge in [-0.2, -0.15) is 0 Å². The molecule has 0 aromatic rings. The number of carbonyl (C=O) groups excluding carboxylic acids is 1. The molecule has 0 aromatic heterocycles. The van der Waals surface area contributed by atoms with Crippen LogP contribution in [0.1, 0.15) is 38.5 Å². The van der Waals surface area contributed by atoms with Crippen LogP contribution < -0.4 is 5.32 Å². The summed E-state index contributed by atoms with van der Waals surface area (Å²) in [6.45, 7) is 3.26. The van der Waals surface area contributed by atoms with Crippen LogP contribution in [0, 0.1) is 11.8 Å². The third kappa shape index (κ3) is 2.76. The fraction of sp³-hybridized carbons (Fsp3) is 0.824. The number of amides is 2. The molecule has 2 aliphatic carbocycles. The van der Waals surface area contributed by atoms with Gasteiger partial charge in [-0.1, -0.05) is 12.2 Å². The number of allylic oxidation sites excluding steroid dienone is 2. The summed E-state index contributed by atoms with van der Waals surface area (Å²) in [5.41, 5.74) is 0. The monoisotopic (exact) mass is 306 g/mol. The van der Waals surface area contributed by atoms with Crippen molar-refractivity contribution in [2.75, 3.05) is 26.3 Å². The Morgan fingerprint density at radius 1 is 1.05 bits per heavy atom. The highest BCUT2D eigenvalue weighted by Crippen LogP contribution is 2.36. The molecule has 22 heavy (non-hydrogen) atoms. The van der Waals surface area contributed by atoms with Gasteiger partial charge in [0, 0.05) is 32.0 Å². The van der Waals surface area contributed by atoms with E-state index in [9.17, 15) is 4.79 Å². The number of nitrogens with zero attached hydrogens (tertiary/aromatic N) is 1. The van der Waals surface area contributed by atoms with Crippen molar-refractivity contribution in [3.05, 3.63) is 12.2 Å². The van der Waals surface area contributed by atoms with Crippen molar-refractivity contribution in [1.29, 1.82) is 0 Å². The molecule has 2 atom stereocenters. The Balaban J connectivity index is 1.27. The number of hydrogen-bond donors (Lipinski definition) is 1. The van der Waals surface area contributed by atoms with Gasteiger partial charge in [0.15, 0.2) is 5.79 Å². The van der Waals surface area contributed by atoms with Gasteiger partial charge in [0.25, 0.3) is 0 Å². The second kappa shape index (κ2) is 5.85. The SMILES string of the molecule is O=C(NC1CCC2(CC1)OCCO2)N1C[C@@H]2CC=CC[C@H]2C1. The Labute approximate surface area is 132 Å². The first-order valence-corrected chi connectivity index (χ1v) is 8.72. The molecule has 1 spiro atoms. The van der Waals surface area contributed by atoms with E-state index >= 15 is 0 Å². The summed E-state index contributed by atoms with van der Waals surface area (Å²) < 4.78 is 11.5. The zero-order valence-corrected chi connectivity index (χ0v) is 13.1. The van der Waals surface area contributed by atoms with Gasteiger partial charge in [-0.25, -0.2) is 4.79 Å². The molecule has 1 saturated carbocycles. The minimum Gasteiger partial charge on any atom is -0.348 e. The molecule has 2 heterocycles. The lowest BCUT2D eigenvalue weighted by atomic mass is 9.86. The van der Waals surface area contributed by atoms with E-state index in [1.54, 1.807) is 0 Å². The minimum absolute atomic E-state index is 0.128. The predicted molar refractivity (Wildman–Crippen MR) is 82.3 cm³/mol. The highest BCUT2D eigenvalue weighted by atomic mass is 16.7. The molecule has 0 aromatic carbocycles. The van der Waals surface area contributed by atoms with Crippen LogP contribution in [0.5, 0.6) is 0 Å². The number of urea groups is 1.